The van der Waals surface area contributed by atoms with Crippen molar-refractivity contribution in [2.75, 3.05) is 42.2 Å². The van der Waals surface area contributed by atoms with Crippen LogP contribution in [-0.2, 0) is 25.7 Å². The Bertz CT molecular complexity index is 788. The summed E-state index contributed by atoms with van der Waals surface area (Å²) in [5.74, 6) is -1.13. The van der Waals surface area contributed by atoms with Crippen LogP contribution in [0.5, 0.6) is 0 Å². The average Bonchev–Trinajstić information content (AvgIpc) is 2.99. The van der Waals surface area contributed by atoms with Crippen LogP contribution in [0.15, 0.2) is 18.2 Å². The maximum absolute atomic E-state index is 13.2. The Morgan fingerprint density at radius 1 is 1.37 bits per heavy atom. The van der Waals surface area contributed by atoms with Crippen molar-refractivity contribution < 1.29 is 36.2 Å². The Labute approximate surface area is 185 Å². The molecule has 1 aromatic carbocycles. The summed E-state index contributed by atoms with van der Waals surface area (Å²) in [5, 5.41) is 8.63. The van der Waals surface area contributed by atoms with Gasteiger partial charge in [0.1, 0.15) is 6.61 Å². The summed E-state index contributed by atoms with van der Waals surface area (Å²) in [4.78, 5) is 12.2. The molecule has 0 spiro atoms. The number of hydrogen-bond acceptors (Lipinski definition) is 5. The predicted molar refractivity (Wildman–Crippen MR) is 97.4 cm³/mol. The number of benzene rings is 1. The van der Waals surface area contributed by atoms with Crippen molar-refractivity contribution in [2.45, 2.75) is 18.7 Å². The van der Waals surface area contributed by atoms with Crippen molar-refractivity contribution >= 4 is 65.1 Å². The Hall–Kier alpha value is -0.750. The van der Waals surface area contributed by atoms with Crippen LogP contribution in [0.3, 0.4) is 0 Å². The molecule has 150 valence electrons. The van der Waals surface area contributed by atoms with Crippen molar-refractivity contribution in [3.8, 4) is 0 Å². The fourth-order valence-electron chi connectivity index (χ4n) is 2.60. The van der Waals surface area contributed by atoms with E-state index in [9.17, 15) is 26.4 Å². The summed E-state index contributed by atoms with van der Waals surface area (Å²) in [6, 6.07) is 3.08. The molecule has 1 heterocycles. The van der Waals surface area contributed by atoms with E-state index in [2.05, 4.69) is 0 Å². The fraction of sp³-hybridized carbons (Fsp3) is 0.533. The van der Waals surface area contributed by atoms with Gasteiger partial charge in [0.05, 0.1) is 23.6 Å². The second-order valence-electron chi connectivity index (χ2n) is 6.03. The number of anilines is 2. The monoisotopic (exact) mass is 438 g/mol. The normalized spacial score (nSPS) is 17.5. The van der Waals surface area contributed by atoms with Gasteiger partial charge in [0.25, 0.3) is 0 Å². The van der Waals surface area contributed by atoms with Crippen LogP contribution in [0.4, 0.5) is 24.5 Å². The van der Waals surface area contributed by atoms with Crippen molar-refractivity contribution in [2.24, 2.45) is 0 Å². The molecule has 1 atom stereocenters. The number of alkyl halides is 3. The maximum atomic E-state index is 13.2. The van der Waals surface area contributed by atoms with Gasteiger partial charge in [0.2, 0.25) is 10.0 Å². The van der Waals surface area contributed by atoms with E-state index in [-0.39, 0.29) is 55.7 Å². The number of sulfonamides is 1. The zero-order valence-electron chi connectivity index (χ0n) is 14.2. The van der Waals surface area contributed by atoms with Gasteiger partial charge >= 0.3 is 49.9 Å². The molecular weight excluding hydrogens is 417 g/mol. The van der Waals surface area contributed by atoms with Gasteiger partial charge < -0.3 is 14.7 Å². The number of rotatable bonds is 6. The Kier molecular flexibility index (Phi) is 8.24. The molecule has 1 unspecified atom stereocenters. The topological polar surface area (TPSA) is 87.2 Å². The molecule has 2 rings (SSSR count). The van der Waals surface area contributed by atoms with Gasteiger partial charge in [-0.3, -0.25) is 4.31 Å². The molecule has 1 saturated heterocycles. The molecule has 7 nitrogen and oxygen atoms in total. The first-order chi connectivity index (χ1) is 11.9. The van der Waals surface area contributed by atoms with E-state index in [1.54, 1.807) is 4.90 Å². The number of hydrogen-bond donors (Lipinski definition) is 1. The second-order valence-corrected chi connectivity index (χ2v) is 8.04. The van der Waals surface area contributed by atoms with Gasteiger partial charge in [-0.2, -0.15) is 13.2 Å². The van der Waals surface area contributed by atoms with E-state index in [4.69, 9.17) is 9.84 Å². The van der Waals surface area contributed by atoms with Gasteiger partial charge in [0, 0.05) is 25.8 Å². The van der Waals surface area contributed by atoms with Gasteiger partial charge in [-0.1, -0.05) is 0 Å². The van der Waals surface area contributed by atoms with Crippen LogP contribution in [0, 0.1) is 0 Å². The Balaban J connectivity index is 0.00000364. The minimum absolute atomic E-state index is 0. The van der Waals surface area contributed by atoms with E-state index in [0.29, 0.717) is 13.0 Å². The van der Waals surface area contributed by atoms with E-state index in [1.165, 1.54) is 13.1 Å². The predicted octanol–water partition coefficient (Wildman–Crippen LogP) is 0.865. The van der Waals surface area contributed by atoms with Crippen LogP contribution in [0.25, 0.3) is 0 Å². The van der Waals surface area contributed by atoms with Crippen molar-refractivity contribution in [3.63, 3.8) is 0 Å². The second kappa shape index (κ2) is 9.17. The SMILES string of the molecule is CN(c1cc(N2CCC(OCC(=O)O)C2)cc(C(F)(F)F)c1)S(C)(=O)=O.[CaH2]. The van der Waals surface area contributed by atoms with E-state index >= 15 is 0 Å². The van der Waals surface area contributed by atoms with Gasteiger partial charge in [-0.15, -0.1) is 0 Å². The molecule has 1 fully saturated rings. The third-order valence-electron chi connectivity index (χ3n) is 4.04. The molecule has 0 saturated carbocycles. The number of halogens is 3. The molecule has 0 bridgehead atoms. The van der Waals surface area contributed by atoms with E-state index in [1.807, 2.05) is 0 Å². The average molecular weight is 438 g/mol. The fourth-order valence-corrected chi connectivity index (χ4v) is 3.09. The first-order valence-electron chi connectivity index (χ1n) is 7.62. The van der Waals surface area contributed by atoms with Crippen LogP contribution in [0.2, 0.25) is 0 Å². The minimum atomic E-state index is -4.64. The number of carboxylic acids is 1. The van der Waals surface area contributed by atoms with Crippen molar-refractivity contribution in [1.82, 2.24) is 0 Å². The molecule has 0 amide bonds. The van der Waals surface area contributed by atoms with E-state index < -0.39 is 40.4 Å². The number of nitrogens with zero attached hydrogens (tertiary/aromatic N) is 2. The standard InChI is InChI=1S/C15H19F3N2O5S.Ca.2H/c1-19(26(2,23)24)11-5-10(15(16,17)18)6-12(7-11)20-4-3-13(8-20)25-9-14(21)22;;;/h5-7,13H,3-4,8-9H2,1-2H3,(H,21,22);;;. The number of carbonyl (C=O) groups is 1. The molecule has 1 N–H and O–H groups in total. The number of aliphatic carboxylic acids is 1. The Morgan fingerprint density at radius 2 is 2.00 bits per heavy atom. The molecule has 0 aromatic heterocycles. The molecule has 1 aromatic rings. The quantitative estimate of drug-likeness (QED) is 0.664. The van der Waals surface area contributed by atoms with Crippen LogP contribution in [-0.4, -0.2) is 96.3 Å². The van der Waals surface area contributed by atoms with Crippen molar-refractivity contribution in [1.29, 1.82) is 0 Å². The molecule has 1 aliphatic rings. The summed E-state index contributed by atoms with van der Waals surface area (Å²) in [5.41, 5.74) is -0.866. The first-order valence-corrected chi connectivity index (χ1v) is 9.47. The molecule has 0 aliphatic carbocycles. The summed E-state index contributed by atoms with van der Waals surface area (Å²) in [6.07, 6.45) is -3.70. The summed E-state index contributed by atoms with van der Waals surface area (Å²) < 4.78 is 68.9. The summed E-state index contributed by atoms with van der Waals surface area (Å²) >= 11 is 0. The van der Waals surface area contributed by atoms with E-state index in [0.717, 1.165) is 22.7 Å². The zero-order chi connectivity index (χ0) is 19.7. The van der Waals surface area contributed by atoms with Crippen molar-refractivity contribution in [3.05, 3.63) is 23.8 Å². The van der Waals surface area contributed by atoms with Crippen LogP contribution < -0.4 is 9.21 Å². The van der Waals surface area contributed by atoms with Crippen LogP contribution in [0.1, 0.15) is 12.0 Å². The molecular formula is C15H21CaF3N2O5S. The van der Waals surface area contributed by atoms with Gasteiger partial charge in [-0.25, -0.2) is 13.2 Å². The van der Waals surface area contributed by atoms with Gasteiger partial charge in [0.15, 0.2) is 0 Å². The Morgan fingerprint density at radius 3 is 2.52 bits per heavy atom. The molecule has 12 heteroatoms. The summed E-state index contributed by atoms with van der Waals surface area (Å²) in [6.45, 7) is 0.105. The first kappa shape index (κ1) is 24.3. The third kappa shape index (κ3) is 6.67. The molecule has 1 aliphatic heterocycles. The number of ether oxygens (including phenoxy) is 1. The van der Waals surface area contributed by atoms with Crippen LogP contribution >= 0.6 is 0 Å². The number of carboxylic acid groups (broad SMARTS) is 1. The third-order valence-corrected chi connectivity index (χ3v) is 5.25. The zero-order valence-corrected chi connectivity index (χ0v) is 15.0. The summed E-state index contributed by atoms with van der Waals surface area (Å²) in [7, 11) is -2.55. The molecule has 0 radical (unpaired) electrons. The molecule has 27 heavy (non-hydrogen) atoms. The van der Waals surface area contributed by atoms with Gasteiger partial charge in [-0.05, 0) is 24.6 Å².